The van der Waals surface area contributed by atoms with Gasteiger partial charge in [-0.05, 0) is 30.0 Å². The van der Waals surface area contributed by atoms with E-state index in [0.717, 1.165) is 0 Å². The minimum Gasteiger partial charge on any atom is -0.378 e. The average molecular weight is 254 g/mol. The van der Waals surface area contributed by atoms with Gasteiger partial charge in [-0.2, -0.15) is 8.42 Å². The van der Waals surface area contributed by atoms with E-state index >= 15 is 0 Å². The highest BCUT2D eigenvalue weighted by atomic mass is 32.2. The van der Waals surface area contributed by atoms with Crippen molar-refractivity contribution in [3.63, 3.8) is 0 Å². The van der Waals surface area contributed by atoms with Crippen LogP contribution in [0.3, 0.4) is 0 Å². The Hall–Kier alpha value is -1.33. The van der Waals surface area contributed by atoms with Crippen molar-refractivity contribution in [1.29, 1.82) is 0 Å². The molecule has 0 amide bonds. The van der Waals surface area contributed by atoms with E-state index in [-0.39, 0.29) is 4.90 Å². The predicted octanol–water partition coefficient (Wildman–Crippen LogP) is 2.82. The first-order valence-electron chi connectivity index (χ1n) is 4.62. The summed E-state index contributed by atoms with van der Waals surface area (Å²) in [7, 11) is -3.71. The van der Waals surface area contributed by atoms with Gasteiger partial charge in [0.1, 0.15) is 4.90 Å². The summed E-state index contributed by atoms with van der Waals surface area (Å²) >= 11 is 1.39. The molecule has 0 saturated carbocycles. The molecule has 0 bridgehead atoms. The number of thiophene rings is 1. The average Bonchev–Trinajstić information content (AvgIpc) is 2.70. The fourth-order valence-corrected chi connectivity index (χ4v) is 3.08. The SMILES string of the molecule is Cc1ccccc1S(=O)(=O)Oc1ccsc1. The zero-order chi connectivity index (χ0) is 11.6. The monoisotopic (exact) mass is 254 g/mol. The summed E-state index contributed by atoms with van der Waals surface area (Å²) < 4.78 is 28.8. The van der Waals surface area contributed by atoms with Gasteiger partial charge in [0.05, 0.1) is 0 Å². The Kier molecular flexibility index (Phi) is 2.98. The number of benzene rings is 1. The van der Waals surface area contributed by atoms with E-state index in [1.54, 1.807) is 41.9 Å². The highest BCUT2D eigenvalue weighted by Gasteiger charge is 2.18. The molecular formula is C11H10O3S2. The number of hydrogen-bond donors (Lipinski definition) is 0. The molecule has 5 heteroatoms. The molecule has 0 aliphatic heterocycles. The van der Waals surface area contributed by atoms with Crippen molar-refractivity contribution in [2.75, 3.05) is 0 Å². The molecule has 0 spiro atoms. The topological polar surface area (TPSA) is 43.4 Å². The standard InChI is InChI=1S/C11H10O3S2/c1-9-4-2-3-5-11(9)16(12,13)14-10-6-7-15-8-10/h2-8H,1H3. The zero-order valence-electron chi connectivity index (χ0n) is 8.58. The van der Waals surface area contributed by atoms with Crippen LogP contribution < -0.4 is 4.18 Å². The first kappa shape index (κ1) is 11.2. The predicted molar refractivity (Wildman–Crippen MR) is 63.3 cm³/mol. The molecule has 1 aromatic carbocycles. The van der Waals surface area contributed by atoms with Crippen LogP contribution in [0.25, 0.3) is 0 Å². The summed E-state index contributed by atoms with van der Waals surface area (Å²) in [6.07, 6.45) is 0. The van der Waals surface area contributed by atoms with E-state index in [1.807, 2.05) is 0 Å². The highest BCUT2D eigenvalue weighted by molar-refractivity contribution is 7.87. The van der Waals surface area contributed by atoms with Gasteiger partial charge in [0.15, 0.2) is 5.75 Å². The van der Waals surface area contributed by atoms with Gasteiger partial charge in [-0.3, -0.25) is 0 Å². The summed E-state index contributed by atoms with van der Waals surface area (Å²) in [6.45, 7) is 1.74. The molecule has 1 aromatic heterocycles. The first-order valence-corrected chi connectivity index (χ1v) is 6.97. The molecule has 1 heterocycles. The largest absolute Gasteiger partial charge is 0.378 e. The Balaban J connectivity index is 2.37. The van der Waals surface area contributed by atoms with Crippen molar-refractivity contribution in [3.05, 3.63) is 46.7 Å². The van der Waals surface area contributed by atoms with E-state index in [9.17, 15) is 8.42 Å². The minimum atomic E-state index is -3.71. The van der Waals surface area contributed by atoms with Crippen molar-refractivity contribution >= 4 is 21.5 Å². The van der Waals surface area contributed by atoms with Crippen LogP contribution >= 0.6 is 11.3 Å². The lowest BCUT2D eigenvalue weighted by atomic mass is 10.2. The van der Waals surface area contributed by atoms with Gasteiger partial charge in [0, 0.05) is 5.38 Å². The maximum absolute atomic E-state index is 11.9. The summed E-state index contributed by atoms with van der Waals surface area (Å²) in [5.74, 6) is 0.355. The van der Waals surface area contributed by atoms with Crippen LogP contribution in [0.4, 0.5) is 0 Å². The Morgan fingerprint density at radius 2 is 1.94 bits per heavy atom. The summed E-state index contributed by atoms with van der Waals surface area (Å²) in [5.41, 5.74) is 0.678. The van der Waals surface area contributed by atoms with Crippen molar-refractivity contribution in [3.8, 4) is 5.75 Å². The molecule has 0 aliphatic carbocycles. The fourth-order valence-electron chi connectivity index (χ4n) is 1.31. The smallest absolute Gasteiger partial charge is 0.339 e. The van der Waals surface area contributed by atoms with Gasteiger partial charge >= 0.3 is 10.1 Å². The van der Waals surface area contributed by atoms with Crippen LogP contribution in [0.15, 0.2) is 46.0 Å². The first-order chi connectivity index (χ1) is 7.59. The molecule has 84 valence electrons. The van der Waals surface area contributed by atoms with Crippen LogP contribution in [0.1, 0.15) is 5.56 Å². The van der Waals surface area contributed by atoms with Crippen molar-refractivity contribution < 1.29 is 12.6 Å². The summed E-state index contributed by atoms with van der Waals surface area (Å²) in [5, 5.41) is 3.42. The lowest BCUT2D eigenvalue weighted by Crippen LogP contribution is -2.10. The molecule has 0 radical (unpaired) electrons. The molecule has 0 aliphatic rings. The van der Waals surface area contributed by atoms with E-state index in [2.05, 4.69) is 0 Å². The Bertz CT molecular complexity index is 571. The second kappa shape index (κ2) is 4.27. The molecule has 0 fully saturated rings. The third kappa shape index (κ3) is 2.25. The summed E-state index contributed by atoms with van der Waals surface area (Å²) in [4.78, 5) is 0.209. The van der Waals surface area contributed by atoms with Crippen LogP contribution in [-0.2, 0) is 10.1 Å². The van der Waals surface area contributed by atoms with Crippen molar-refractivity contribution in [2.45, 2.75) is 11.8 Å². The zero-order valence-corrected chi connectivity index (χ0v) is 10.2. The molecule has 0 N–H and O–H groups in total. The second-order valence-corrected chi connectivity index (χ2v) is 5.56. The second-order valence-electron chi connectivity index (χ2n) is 3.26. The molecular weight excluding hydrogens is 244 g/mol. The third-order valence-electron chi connectivity index (χ3n) is 2.06. The lowest BCUT2D eigenvalue weighted by molar-refractivity contribution is 0.486. The Morgan fingerprint density at radius 1 is 1.19 bits per heavy atom. The van der Waals surface area contributed by atoms with E-state index in [1.165, 1.54) is 17.4 Å². The van der Waals surface area contributed by atoms with Gasteiger partial charge in [0.2, 0.25) is 0 Å². The number of hydrogen-bond acceptors (Lipinski definition) is 4. The number of rotatable bonds is 3. The van der Waals surface area contributed by atoms with Gasteiger partial charge < -0.3 is 4.18 Å². The molecule has 2 aromatic rings. The molecule has 16 heavy (non-hydrogen) atoms. The van der Waals surface area contributed by atoms with Crippen LogP contribution in [0, 0.1) is 6.92 Å². The van der Waals surface area contributed by atoms with E-state index in [0.29, 0.717) is 11.3 Å². The summed E-state index contributed by atoms with van der Waals surface area (Å²) in [6, 6.07) is 8.37. The van der Waals surface area contributed by atoms with Crippen LogP contribution in [-0.4, -0.2) is 8.42 Å². The molecule has 0 saturated heterocycles. The van der Waals surface area contributed by atoms with Crippen molar-refractivity contribution in [2.24, 2.45) is 0 Å². The fraction of sp³-hybridized carbons (Fsp3) is 0.0909. The van der Waals surface area contributed by atoms with Gasteiger partial charge in [-0.15, -0.1) is 11.3 Å². The Morgan fingerprint density at radius 3 is 2.56 bits per heavy atom. The lowest BCUT2D eigenvalue weighted by Gasteiger charge is -2.07. The van der Waals surface area contributed by atoms with E-state index in [4.69, 9.17) is 4.18 Å². The maximum atomic E-state index is 11.9. The number of aryl methyl sites for hydroxylation is 1. The highest BCUT2D eigenvalue weighted by Crippen LogP contribution is 2.22. The minimum absolute atomic E-state index is 0.209. The van der Waals surface area contributed by atoms with Crippen LogP contribution in [0.5, 0.6) is 5.75 Å². The van der Waals surface area contributed by atoms with Gasteiger partial charge in [0.25, 0.3) is 0 Å². The molecule has 3 nitrogen and oxygen atoms in total. The normalized spacial score (nSPS) is 11.3. The quantitative estimate of drug-likeness (QED) is 0.791. The maximum Gasteiger partial charge on any atom is 0.339 e. The van der Waals surface area contributed by atoms with Gasteiger partial charge in [-0.1, -0.05) is 18.2 Å². The molecule has 0 unspecified atom stereocenters. The molecule has 0 atom stereocenters. The Labute approximate surface area is 98.4 Å². The van der Waals surface area contributed by atoms with Gasteiger partial charge in [-0.25, -0.2) is 0 Å². The van der Waals surface area contributed by atoms with E-state index < -0.39 is 10.1 Å². The van der Waals surface area contributed by atoms with Crippen LogP contribution in [0.2, 0.25) is 0 Å². The third-order valence-corrected chi connectivity index (χ3v) is 4.13. The van der Waals surface area contributed by atoms with Crippen molar-refractivity contribution in [1.82, 2.24) is 0 Å². The molecule has 2 rings (SSSR count).